The van der Waals surface area contributed by atoms with Crippen LogP contribution in [0.25, 0.3) is 0 Å². The largest absolute Gasteiger partial charge is 0.397 e. The van der Waals surface area contributed by atoms with Crippen LogP contribution >= 0.6 is 0 Å². The molecule has 1 aromatic rings. The molecule has 4 N–H and O–H groups in total. The minimum atomic E-state index is -0.461. The van der Waals surface area contributed by atoms with Crippen LogP contribution in [0.5, 0.6) is 0 Å². The molecule has 1 aliphatic rings. The molecule has 1 heterocycles. The lowest BCUT2D eigenvalue weighted by Crippen LogP contribution is -2.45. The predicted octanol–water partition coefficient (Wildman–Crippen LogP) is 0.981. The second-order valence-corrected chi connectivity index (χ2v) is 4.80. The molecule has 1 aromatic carbocycles. The van der Waals surface area contributed by atoms with Gasteiger partial charge in [0.1, 0.15) is 0 Å². The van der Waals surface area contributed by atoms with E-state index in [0.29, 0.717) is 11.3 Å². The summed E-state index contributed by atoms with van der Waals surface area (Å²) in [4.78, 5) is 13.3. The van der Waals surface area contributed by atoms with Gasteiger partial charge in [-0.1, -0.05) is 0 Å². The number of carbonyl (C=O) groups is 1. The molecule has 5 nitrogen and oxygen atoms in total. The van der Waals surface area contributed by atoms with Crippen LogP contribution in [0.3, 0.4) is 0 Å². The number of nitrogens with two attached hydrogens (primary N) is 2. The number of morpholine rings is 1. The maximum absolute atomic E-state index is 11.1. The highest BCUT2D eigenvalue weighted by Crippen LogP contribution is 2.27. The Morgan fingerprint density at radius 1 is 1.33 bits per heavy atom. The number of nitrogen functional groups attached to an aromatic ring is 1. The number of rotatable bonds is 2. The first-order chi connectivity index (χ1) is 8.47. The van der Waals surface area contributed by atoms with Crippen molar-refractivity contribution in [3.8, 4) is 0 Å². The second-order valence-electron chi connectivity index (χ2n) is 4.80. The Balaban J connectivity index is 2.25. The van der Waals surface area contributed by atoms with Crippen molar-refractivity contribution in [2.24, 2.45) is 5.73 Å². The van der Waals surface area contributed by atoms with Crippen molar-refractivity contribution in [1.29, 1.82) is 0 Å². The van der Waals surface area contributed by atoms with Crippen LogP contribution in [0.1, 0.15) is 24.2 Å². The predicted molar refractivity (Wildman–Crippen MR) is 71.6 cm³/mol. The summed E-state index contributed by atoms with van der Waals surface area (Å²) in [6.45, 7) is 5.67. The summed E-state index contributed by atoms with van der Waals surface area (Å²) in [5.41, 5.74) is 13.2. The number of nitrogens with zero attached hydrogens (tertiary/aromatic N) is 1. The molecule has 1 saturated heterocycles. The van der Waals surface area contributed by atoms with Crippen molar-refractivity contribution in [1.82, 2.24) is 0 Å². The molecule has 5 heteroatoms. The number of hydrogen-bond acceptors (Lipinski definition) is 4. The minimum Gasteiger partial charge on any atom is -0.397 e. The number of carbonyl (C=O) groups excluding carboxylic acids is 1. The van der Waals surface area contributed by atoms with Gasteiger partial charge in [-0.15, -0.1) is 0 Å². The van der Waals surface area contributed by atoms with E-state index < -0.39 is 5.91 Å². The Bertz CT molecular complexity index is 452. The van der Waals surface area contributed by atoms with Crippen LogP contribution in [-0.2, 0) is 4.74 Å². The van der Waals surface area contributed by atoms with E-state index in [1.165, 1.54) is 0 Å². The molecular formula is C13H19N3O2. The van der Waals surface area contributed by atoms with Crippen molar-refractivity contribution in [3.05, 3.63) is 23.8 Å². The fourth-order valence-electron chi connectivity index (χ4n) is 2.37. The van der Waals surface area contributed by atoms with Gasteiger partial charge in [-0.05, 0) is 32.0 Å². The molecule has 1 fully saturated rings. The van der Waals surface area contributed by atoms with Gasteiger partial charge in [-0.2, -0.15) is 0 Å². The monoisotopic (exact) mass is 249 g/mol. The summed E-state index contributed by atoms with van der Waals surface area (Å²) >= 11 is 0. The van der Waals surface area contributed by atoms with E-state index in [1.807, 2.05) is 19.9 Å². The lowest BCUT2D eigenvalue weighted by Gasteiger charge is -2.37. The molecule has 0 aromatic heterocycles. The molecule has 0 unspecified atom stereocenters. The van der Waals surface area contributed by atoms with Crippen LogP contribution in [0.2, 0.25) is 0 Å². The maximum atomic E-state index is 11.1. The Morgan fingerprint density at radius 2 is 1.94 bits per heavy atom. The van der Waals surface area contributed by atoms with Gasteiger partial charge >= 0.3 is 0 Å². The van der Waals surface area contributed by atoms with E-state index in [9.17, 15) is 4.79 Å². The Kier molecular flexibility index (Phi) is 3.43. The van der Waals surface area contributed by atoms with E-state index in [2.05, 4.69) is 4.90 Å². The molecule has 0 radical (unpaired) electrons. The molecule has 0 aliphatic carbocycles. The molecule has 1 aliphatic heterocycles. The first-order valence-corrected chi connectivity index (χ1v) is 6.07. The summed E-state index contributed by atoms with van der Waals surface area (Å²) in [7, 11) is 0. The second kappa shape index (κ2) is 4.86. The van der Waals surface area contributed by atoms with Crippen LogP contribution in [0, 0.1) is 0 Å². The summed E-state index contributed by atoms with van der Waals surface area (Å²) in [5.74, 6) is -0.461. The van der Waals surface area contributed by atoms with Gasteiger partial charge in [-0.25, -0.2) is 0 Å². The molecular weight excluding hydrogens is 230 g/mol. The van der Waals surface area contributed by atoms with Crippen molar-refractivity contribution in [2.75, 3.05) is 23.7 Å². The zero-order valence-corrected chi connectivity index (χ0v) is 10.7. The van der Waals surface area contributed by atoms with Gasteiger partial charge in [0, 0.05) is 18.7 Å². The first kappa shape index (κ1) is 12.7. The average molecular weight is 249 g/mol. The van der Waals surface area contributed by atoms with Crippen molar-refractivity contribution >= 4 is 17.3 Å². The third-order valence-electron chi connectivity index (χ3n) is 3.07. The quantitative estimate of drug-likeness (QED) is 0.765. The van der Waals surface area contributed by atoms with E-state index in [-0.39, 0.29) is 12.2 Å². The van der Waals surface area contributed by atoms with Gasteiger partial charge in [0.25, 0.3) is 0 Å². The molecule has 18 heavy (non-hydrogen) atoms. The molecule has 0 bridgehead atoms. The Hall–Kier alpha value is -1.75. The van der Waals surface area contributed by atoms with Gasteiger partial charge in [-0.3, -0.25) is 4.79 Å². The van der Waals surface area contributed by atoms with Gasteiger partial charge in [0.2, 0.25) is 5.91 Å². The molecule has 0 spiro atoms. The number of amides is 1. The molecule has 1 amide bonds. The van der Waals surface area contributed by atoms with Gasteiger partial charge in [0.05, 0.1) is 23.6 Å². The third kappa shape index (κ3) is 2.56. The molecule has 2 rings (SSSR count). The normalized spacial score (nSPS) is 24.0. The van der Waals surface area contributed by atoms with Crippen molar-refractivity contribution in [2.45, 2.75) is 26.1 Å². The summed E-state index contributed by atoms with van der Waals surface area (Å²) in [6.07, 6.45) is 0.341. The van der Waals surface area contributed by atoms with E-state index in [0.717, 1.165) is 18.8 Å². The number of hydrogen-bond donors (Lipinski definition) is 2. The first-order valence-electron chi connectivity index (χ1n) is 6.07. The van der Waals surface area contributed by atoms with Crippen LogP contribution in [-0.4, -0.2) is 31.2 Å². The SMILES string of the molecule is C[C@@H]1CN(c2ccc(C(N)=O)cc2N)C[C@@H](C)O1. The fourth-order valence-corrected chi connectivity index (χ4v) is 2.37. The Labute approximate surface area is 107 Å². The number of ether oxygens (including phenoxy) is 1. The smallest absolute Gasteiger partial charge is 0.248 e. The number of benzene rings is 1. The lowest BCUT2D eigenvalue weighted by atomic mass is 10.1. The number of anilines is 2. The third-order valence-corrected chi connectivity index (χ3v) is 3.07. The van der Waals surface area contributed by atoms with E-state index in [1.54, 1.807) is 12.1 Å². The zero-order chi connectivity index (χ0) is 13.3. The van der Waals surface area contributed by atoms with Gasteiger partial charge < -0.3 is 21.1 Å². The standard InChI is InChI=1S/C13H19N3O2/c1-8-6-16(7-9(2)18-8)12-4-3-10(13(15)17)5-11(12)14/h3-5,8-9H,6-7,14H2,1-2H3,(H2,15,17)/t8-,9-/m1/s1. The fraction of sp³-hybridized carbons (Fsp3) is 0.462. The number of primary amides is 1. The van der Waals surface area contributed by atoms with Crippen molar-refractivity contribution in [3.63, 3.8) is 0 Å². The van der Waals surface area contributed by atoms with E-state index >= 15 is 0 Å². The van der Waals surface area contributed by atoms with Gasteiger partial charge in [0.15, 0.2) is 0 Å². The highest BCUT2D eigenvalue weighted by Gasteiger charge is 2.23. The highest BCUT2D eigenvalue weighted by atomic mass is 16.5. The highest BCUT2D eigenvalue weighted by molar-refractivity contribution is 5.94. The zero-order valence-electron chi connectivity index (χ0n) is 10.7. The maximum Gasteiger partial charge on any atom is 0.248 e. The Morgan fingerprint density at radius 3 is 2.44 bits per heavy atom. The van der Waals surface area contributed by atoms with Crippen LogP contribution < -0.4 is 16.4 Å². The van der Waals surface area contributed by atoms with E-state index in [4.69, 9.17) is 16.2 Å². The lowest BCUT2D eigenvalue weighted by molar-refractivity contribution is -0.00517. The average Bonchev–Trinajstić information content (AvgIpc) is 2.27. The van der Waals surface area contributed by atoms with Crippen LogP contribution in [0.15, 0.2) is 18.2 Å². The summed E-state index contributed by atoms with van der Waals surface area (Å²) < 4.78 is 5.68. The van der Waals surface area contributed by atoms with Crippen molar-refractivity contribution < 1.29 is 9.53 Å². The molecule has 98 valence electrons. The van der Waals surface area contributed by atoms with Crippen LogP contribution in [0.4, 0.5) is 11.4 Å². The minimum absolute atomic E-state index is 0.170. The topological polar surface area (TPSA) is 81.6 Å². The summed E-state index contributed by atoms with van der Waals surface area (Å²) in [6, 6.07) is 5.18. The summed E-state index contributed by atoms with van der Waals surface area (Å²) in [5, 5.41) is 0. The molecule has 0 saturated carbocycles. The molecule has 2 atom stereocenters.